The summed E-state index contributed by atoms with van der Waals surface area (Å²) >= 11 is 0. The number of nitrogens with one attached hydrogen (secondary N) is 1. The lowest BCUT2D eigenvalue weighted by atomic mass is 9.82. The van der Waals surface area contributed by atoms with Crippen LogP contribution in [0.4, 0.5) is 0 Å². The summed E-state index contributed by atoms with van der Waals surface area (Å²) in [7, 11) is 2.02. The Kier molecular flexibility index (Phi) is 4.42. The molecule has 0 radical (unpaired) electrons. The molecule has 1 atom stereocenters. The van der Waals surface area contributed by atoms with Gasteiger partial charge in [0, 0.05) is 13.2 Å². The molecule has 2 aliphatic rings. The standard InChI is InChI=1S/C12H23NO2/c1-13-9-10-7-12(8-10)15-6-4-11-3-2-5-14-11/h10-13H,2-9H2,1H3. The molecule has 1 unspecified atom stereocenters. The Hall–Kier alpha value is -0.120. The Morgan fingerprint density at radius 1 is 1.40 bits per heavy atom. The van der Waals surface area contributed by atoms with Crippen molar-refractivity contribution in [1.82, 2.24) is 5.32 Å². The maximum atomic E-state index is 5.81. The van der Waals surface area contributed by atoms with Gasteiger partial charge in [0.2, 0.25) is 0 Å². The van der Waals surface area contributed by atoms with Crippen LogP contribution in [0.15, 0.2) is 0 Å². The smallest absolute Gasteiger partial charge is 0.0597 e. The fourth-order valence-corrected chi connectivity index (χ4v) is 2.50. The van der Waals surface area contributed by atoms with Crippen LogP contribution in [0.5, 0.6) is 0 Å². The second kappa shape index (κ2) is 5.83. The molecule has 0 aromatic heterocycles. The zero-order valence-electron chi connectivity index (χ0n) is 9.71. The third-order valence-electron chi connectivity index (χ3n) is 3.50. The summed E-state index contributed by atoms with van der Waals surface area (Å²) in [6.45, 7) is 2.99. The van der Waals surface area contributed by atoms with E-state index >= 15 is 0 Å². The third-order valence-corrected chi connectivity index (χ3v) is 3.50. The van der Waals surface area contributed by atoms with Crippen LogP contribution in [0.1, 0.15) is 32.1 Å². The monoisotopic (exact) mass is 213 g/mol. The van der Waals surface area contributed by atoms with Gasteiger partial charge in [0.05, 0.1) is 12.2 Å². The first-order valence-electron chi connectivity index (χ1n) is 6.26. The van der Waals surface area contributed by atoms with E-state index in [0.717, 1.165) is 32.1 Å². The molecule has 0 bridgehead atoms. The van der Waals surface area contributed by atoms with Gasteiger partial charge in [-0.2, -0.15) is 0 Å². The van der Waals surface area contributed by atoms with Crippen LogP contribution in [0.2, 0.25) is 0 Å². The fraction of sp³-hybridized carbons (Fsp3) is 1.00. The van der Waals surface area contributed by atoms with Crippen LogP contribution in [-0.2, 0) is 9.47 Å². The lowest BCUT2D eigenvalue weighted by Crippen LogP contribution is -2.37. The van der Waals surface area contributed by atoms with Crippen LogP contribution in [0.3, 0.4) is 0 Å². The predicted molar refractivity (Wildman–Crippen MR) is 60.0 cm³/mol. The zero-order valence-corrected chi connectivity index (χ0v) is 9.71. The summed E-state index contributed by atoms with van der Waals surface area (Å²) in [6, 6.07) is 0. The number of ether oxygens (including phenoxy) is 2. The molecular weight excluding hydrogens is 190 g/mol. The van der Waals surface area contributed by atoms with E-state index in [0.29, 0.717) is 12.2 Å². The fourth-order valence-electron chi connectivity index (χ4n) is 2.50. The molecule has 88 valence electrons. The van der Waals surface area contributed by atoms with Gasteiger partial charge in [-0.15, -0.1) is 0 Å². The van der Waals surface area contributed by atoms with Gasteiger partial charge in [-0.1, -0.05) is 0 Å². The molecule has 1 aliphatic carbocycles. The van der Waals surface area contributed by atoms with Crippen LogP contribution < -0.4 is 5.32 Å². The predicted octanol–water partition coefficient (Wildman–Crippen LogP) is 1.57. The van der Waals surface area contributed by atoms with Gasteiger partial charge in [-0.3, -0.25) is 0 Å². The van der Waals surface area contributed by atoms with E-state index in [2.05, 4.69) is 5.32 Å². The van der Waals surface area contributed by atoms with Crippen molar-refractivity contribution >= 4 is 0 Å². The number of rotatable bonds is 6. The Labute approximate surface area is 92.5 Å². The molecule has 0 spiro atoms. The van der Waals surface area contributed by atoms with Gasteiger partial charge in [0.15, 0.2) is 0 Å². The minimum atomic E-state index is 0.484. The van der Waals surface area contributed by atoms with E-state index in [-0.39, 0.29) is 0 Å². The molecule has 1 saturated heterocycles. The van der Waals surface area contributed by atoms with Gasteiger partial charge >= 0.3 is 0 Å². The minimum absolute atomic E-state index is 0.484. The lowest BCUT2D eigenvalue weighted by molar-refractivity contribution is -0.0419. The molecular formula is C12H23NO2. The molecule has 2 fully saturated rings. The average Bonchev–Trinajstić information content (AvgIpc) is 2.66. The summed E-state index contributed by atoms with van der Waals surface area (Å²) in [4.78, 5) is 0. The van der Waals surface area contributed by atoms with E-state index in [9.17, 15) is 0 Å². The van der Waals surface area contributed by atoms with E-state index < -0.39 is 0 Å². The van der Waals surface area contributed by atoms with Crippen molar-refractivity contribution in [2.75, 3.05) is 26.8 Å². The molecule has 1 N–H and O–H groups in total. The minimum Gasteiger partial charge on any atom is -0.378 e. The van der Waals surface area contributed by atoms with E-state index in [4.69, 9.17) is 9.47 Å². The first-order chi connectivity index (χ1) is 7.38. The molecule has 3 nitrogen and oxygen atoms in total. The van der Waals surface area contributed by atoms with E-state index in [1.165, 1.54) is 25.7 Å². The maximum absolute atomic E-state index is 5.81. The van der Waals surface area contributed by atoms with Crippen molar-refractivity contribution in [3.63, 3.8) is 0 Å². The van der Waals surface area contributed by atoms with Crippen LogP contribution >= 0.6 is 0 Å². The second-order valence-electron chi connectivity index (χ2n) is 4.81. The summed E-state index contributed by atoms with van der Waals surface area (Å²) in [5.74, 6) is 0.850. The molecule has 2 rings (SSSR count). The highest BCUT2D eigenvalue weighted by Gasteiger charge is 2.29. The highest BCUT2D eigenvalue weighted by atomic mass is 16.5. The quantitative estimate of drug-likeness (QED) is 0.726. The Morgan fingerprint density at radius 2 is 2.27 bits per heavy atom. The summed E-state index contributed by atoms with van der Waals surface area (Å²) in [5, 5.41) is 3.22. The van der Waals surface area contributed by atoms with Crippen molar-refractivity contribution in [2.24, 2.45) is 5.92 Å². The highest BCUT2D eigenvalue weighted by molar-refractivity contribution is 4.81. The zero-order chi connectivity index (χ0) is 10.5. The summed E-state index contributed by atoms with van der Waals surface area (Å²) < 4.78 is 11.4. The number of hydrogen-bond acceptors (Lipinski definition) is 3. The average molecular weight is 213 g/mol. The van der Waals surface area contributed by atoms with Gasteiger partial charge in [-0.05, 0) is 51.6 Å². The van der Waals surface area contributed by atoms with Crippen LogP contribution in [0.25, 0.3) is 0 Å². The molecule has 0 amide bonds. The first-order valence-corrected chi connectivity index (χ1v) is 6.26. The van der Waals surface area contributed by atoms with Crippen molar-refractivity contribution in [1.29, 1.82) is 0 Å². The maximum Gasteiger partial charge on any atom is 0.0597 e. The van der Waals surface area contributed by atoms with Gasteiger partial charge in [0.1, 0.15) is 0 Å². The Morgan fingerprint density at radius 3 is 2.93 bits per heavy atom. The Bertz CT molecular complexity index is 174. The van der Waals surface area contributed by atoms with Gasteiger partial charge < -0.3 is 14.8 Å². The molecule has 1 heterocycles. The van der Waals surface area contributed by atoms with E-state index in [1.807, 2.05) is 7.05 Å². The Balaban J connectivity index is 1.45. The normalized spacial score (nSPS) is 35.4. The van der Waals surface area contributed by atoms with E-state index in [1.54, 1.807) is 0 Å². The molecule has 1 aliphatic heterocycles. The first kappa shape index (κ1) is 11.4. The summed E-state index contributed by atoms with van der Waals surface area (Å²) in [5.41, 5.74) is 0. The lowest BCUT2D eigenvalue weighted by Gasteiger charge is -2.35. The molecule has 0 aromatic rings. The van der Waals surface area contributed by atoms with Crippen LogP contribution in [-0.4, -0.2) is 39.0 Å². The molecule has 3 heteroatoms. The topological polar surface area (TPSA) is 30.5 Å². The summed E-state index contributed by atoms with van der Waals surface area (Å²) in [6.07, 6.45) is 7.06. The van der Waals surface area contributed by atoms with Gasteiger partial charge in [-0.25, -0.2) is 0 Å². The number of hydrogen-bond donors (Lipinski definition) is 1. The van der Waals surface area contributed by atoms with Crippen LogP contribution in [0, 0.1) is 5.92 Å². The van der Waals surface area contributed by atoms with Crippen molar-refractivity contribution in [3.8, 4) is 0 Å². The highest BCUT2D eigenvalue weighted by Crippen LogP contribution is 2.29. The third kappa shape index (κ3) is 3.44. The molecule has 1 saturated carbocycles. The molecule has 0 aromatic carbocycles. The SMILES string of the molecule is CNCC1CC(OCCC2CCCO2)C1. The van der Waals surface area contributed by atoms with Crippen molar-refractivity contribution in [2.45, 2.75) is 44.3 Å². The van der Waals surface area contributed by atoms with Crippen molar-refractivity contribution < 1.29 is 9.47 Å². The van der Waals surface area contributed by atoms with Gasteiger partial charge in [0.25, 0.3) is 0 Å². The largest absolute Gasteiger partial charge is 0.378 e. The van der Waals surface area contributed by atoms with Crippen molar-refractivity contribution in [3.05, 3.63) is 0 Å². The molecule has 15 heavy (non-hydrogen) atoms. The second-order valence-corrected chi connectivity index (χ2v) is 4.81.